The third kappa shape index (κ3) is 3.02. The van der Waals surface area contributed by atoms with Crippen molar-refractivity contribution in [3.63, 3.8) is 0 Å². The highest BCUT2D eigenvalue weighted by atomic mass is 19.1. The van der Waals surface area contributed by atoms with Crippen LogP contribution in [-0.4, -0.2) is 9.91 Å². The molecule has 1 aromatic carbocycles. The second-order valence-electron chi connectivity index (χ2n) is 3.71. The molecule has 0 unspecified atom stereocenters. The topological polar surface area (TPSA) is 91.3 Å². The predicted octanol–water partition coefficient (Wildman–Crippen LogP) is 2.38. The highest BCUT2D eigenvalue weighted by Crippen LogP contribution is 2.27. The fourth-order valence-corrected chi connectivity index (χ4v) is 1.44. The molecule has 0 aliphatic carbocycles. The molecular weight excluding hydrogens is 253 g/mol. The number of nitrogens with two attached hydrogens (primary N) is 1. The largest absolute Gasteiger partial charge is 0.453 e. The first kappa shape index (κ1) is 12.9. The first-order valence-corrected chi connectivity index (χ1v) is 5.36. The van der Waals surface area contributed by atoms with Gasteiger partial charge in [0.1, 0.15) is 5.75 Å². The van der Waals surface area contributed by atoms with E-state index in [1.54, 1.807) is 12.3 Å². The zero-order chi connectivity index (χ0) is 13.8. The van der Waals surface area contributed by atoms with Gasteiger partial charge in [0.15, 0.2) is 11.6 Å². The van der Waals surface area contributed by atoms with Gasteiger partial charge in [0.05, 0.1) is 17.2 Å². The van der Waals surface area contributed by atoms with Crippen LogP contribution in [0.25, 0.3) is 0 Å². The van der Waals surface area contributed by atoms with Gasteiger partial charge in [-0.2, -0.15) is 0 Å². The van der Waals surface area contributed by atoms with E-state index in [-0.39, 0.29) is 18.0 Å². The molecule has 0 fully saturated rings. The molecule has 98 valence electrons. The zero-order valence-corrected chi connectivity index (χ0v) is 9.75. The summed E-state index contributed by atoms with van der Waals surface area (Å²) in [5, 5.41) is 10.5. The van der Waals surface area contributed by atoms with Crippen molar-refractivity contribution in [1.82, 2.24) is 4.98 Å². The molecule has 0 saturated heterocycles. The average Bonchev–Trinajstić information content (AvgIpc) is 2.41. The Bertz CT molecular complexity index is 619. The van der Waals surface area contributed by atoms with Gasteiger partial charge >= 0.3 is 0 Å². The summed E-state index contributed by atoms with van der Waals surface area (Å²) in [7, 11) is 0. The third-order valence-electron chi connectivity index (χ3n) is 2.36. The molecule has 0 atom stereocenters. The Morgan fingerprint density at radius 2 is 2.16 bits per heavy atom. The van der Waals surface area contributed by atoms with Crippen LogP contribution in [0.3, 0.4) is 0 Å². The number of nitro benzene ring substituents is 1. The van der Waals surface area contributed by atoms with E-state index in [9.17, 15) is 14.5 Å². The molecule has 19 heavy (non-hydrogen) atoms. The smallest absolute Gasteiger partial charge is 0.272 e. The molecule has 1 aromatic heterocycles. The second-order valence-corrected chi connectivity index (χ2v) is 3.71. The minimum absolute atomic E-state index is 0.110. The van der Waals surface area contributed by atoms with Crippen LogP contribution in [-0.2, 0) is 6.54 Å². The minimum atomic E-state index is -0.813. The van der Waals surface area contributed by atoms with Gasteiger partial charge in [0.25, 0.3) is 5.69 Å². The van der Waals surface area contributed by atoms with Crippen LogP contribution in [0.5, 0.6) is 11.5 Å². The molecule has 2 aromatic rings. The second kappa shape index (κ2) is 5.40. The van der Waals surface area contributed by atoms with Crippen molar-refractivity contribution >= 4 is 5.69 Å². The Balaban J connectivity index is 2.25. The Morgan fingerprint density at radius 3 is 2.79 bits per heavy atom. The average molecular weight is 263 g/mol. The van der Waals surface area contributed by atoms with Crippen LogP contribution in [0, 0.1) is 15.9 Å². The number of hydrogen-bond donors (Lipinski definition) is 1. The molecule has 6 nitrogen and oxygen atoms in total. The third-order valence-corrected chi connectivity index (χ3v) is 2.36. The number of rotatable bonds is 4. The molecule has 0 spiro atoms. The normalized spacial score (nSPS) is 10.2. The van der Waals surface area contributed by atoms with Crippen LogP contribution >= 0.6 is 0 Å². The number of ether oxygens (including phenoxy) is 1. The van der Waals surface area contributed by atoms with Crippen LogP contribution in [0.15, 0.2) is 36.7 Å². The zero-order valence-electron chi connectivity index (χ0n) is 9.75. The molecule has 0 saturated carbocycles. The van der Waals surface area contributed by atoms with Crippen molar-refractivity contribution in [3.05, 3.63) is 58.2 Å². The number of nitrogens with zero attached hydrogens (tertiary/aromatic N) is 2. The first-order valence-electron chi connectivity index (χ1n) is 5.36. The van der Waals surface area contributed by atoms with Crippen molar-refractivity contribution in [2.75, 3.05) is 0 Å². The van der Waals surface area contributed by atoms with Gasteiger partial charge in [-0.05, 0) is 17.7 Å². The predicted molar refractivity (Wildman–Crippen MR) is 65.3 cm³/mol. The lowest BCUT2D eigenvalue weighted by Gasteiger charge is -2.07. The van der Waals surface area contributed by atoms with E-state index in [1.807, 2.05) is 0 Å². The van der Waals surface area contributed by atoms with Gasteiger partial charge in [0, 0.05) is 18.8 Å². The van der Waals surface area contributed by atoms with E-state index in [1.165, 1.54) is 18.3 Å². The Labute approximate surface area is 107 Å². The lowest BCUT2D eigenvalue weighted by molar-refractivity contribution is -0.385. The number of non-ortho nitro benzene ring substituents is 1. The maximum absolute atomic E-state index is 13.6. The standard InChI is InChI=1S/C12H10FN3O3/c13-11-4-9(16(17)18)1-2-12(11)19-10-3-8(5-14)6-15-7-10/h1-4,6-7H,5,14H2. The summed E-state index contributed by atoms with van der Waals surface area (Å²) < 4.78 is 18.9. The van der Waals surface area contributed by atoms with Crippen molar-refractivity contribution < 1.29 is 14.1 Å². The van der Waals surface area contributed by atoms with Gasteiger partial charge in [-0.3, -0.25) is 15.1 Å². The number of benzene rings is 1. The Kier molecular flexibility index (Phi) is 3.67. The van der Waals surface area contributed by atoms with Crippen LogP contribution in [0.2, 0.25) is 0 Å². The molecule has 0 aliphatic heterocycles. The Hall–Kier alpha value is -2.54. The number of nitro groups is 1. The number of pyridine rings is 1. The molecule has 0 amide bonds. The van der Waals surface area contributed by atoms with Crippen molar-refractivity contribution in [3.8, 4) is 11.5 Å². The molecule has 7 heteroatoms. The number of halogens is 1. The van der Waals surface area contributed by atoms with Crippen molar-refractivity contribution in [2.24, 2.45) is 5.73 Å². The van der Waals surface area contributed by atoms with Gasteiger partial charge < -0.3 is 10.5 Å². The lowest BCUT2D eigenvalue weighted by Crippen LogP contribution is -1.98. The van der Waals surface area contributed by atoms with E-state index in [0.29, 0.717) is 5.75 Å². The maximum atomic E-state index is 13.6. The molecule has 0 bridgehead atoms. The molecule has 2 rings (SSSR count). The van der Waals surface area contributed by atoms with Crippen LogP contribution in [0.1, 0.15) is 5.56 Å². The fourth-order valence-electron chi connectivity index (χ4n) is 1.44. The highest BCUT2D eigenvalue weighted by molar-refractivity contribution is 5.40. The van der Waals surface area contributed by atoms with Gasteiger partial charge in [-0.25, -0.2) is 4.39 Å². The van der Waals surface area contributed by atoms with Gasteiger partial charge in [-0.15, -0.1) is 0 Å². The van der Waals surface area contributed by atoms with Gasteiger partial charge in [0.2, 0.25) is 0 Å². The molecule has 0 aliphatic rings. The monoisotopic (exact) mass is 263 g/mol. The van der Waals surface area contributed by atoms with E-state index in [2.05, 4.69) is 4.98 Å². The summed E-state index contributed by atoms with van der Waals surface area (Å²) in [6, 6.07) is 4.78. The highest BCUT2D eigenvalue weighted by Gasteiger charge is 2.12. The van der Waals surface area contributed by atoms with Crippen LogP contribution in [0.4, 0.5) is 10.1 Å². The summed E-state index contributed by atoms with van der Waals surface area (Å²) in [4.78, 5) is 13.7. The van der Waals surface area contributed by atoms with E-state index < -0.39 is 10.7 Å². The molecule has 1 heterocycles. The Morgan fingerprint density at radius 1 is 1.37 bits per heavy atom. The molecule has 0 radical (unpaired) electrons. The van der Waals surface area contributed by atoms with Crippen LogP contribution < -0.4 is 10.5 Å². The van der Waals surface area contributed by atoms with E-state index in [4.69, 9.17) is 10.5 Å². The summed E-state index contributed by atoms with van der Waals surface area (Å²) in [6.07, 6.45) is 2.97. The van der Waals surface area contributed by atoms with Crippen molar-refractivity contribution in [2.45, 2.75) is 6.54 Å². The summed E-state index contributed by atoms with van der Waals surface area (Å²) >= 11 is 0. The number of hydrogen-bond acceptors (Lipinski definition) is 5. The van der Waals surface area contributed by atoms with Gasteiger partial charge in [-0.1, -0.05) is 0 Å². The minimum Gasteiger partial charge on any atom is -0.453 e. The van der Waals surface area contributed by atoms with E-state index in [0.717, 1.165) is 11.6 Å². The first-order chi connectivity index (χ1) is 9.10. The quantitative estimate of drug-likeness (QED) is 0.675. The molecular formula is C12H10FN3O3. The lowest BCUT2D eigenvalue weighted by atomic mass is 10.2. The maximum Gasteiger partial charge on any atom is 0.272 e. The fraction of sp³-hybridized carbons (Fsp3) is 0.0833. The molecule has 2 N–H and O–H groups in total. The summed E-state index contributed by atoms with van der Waals surface area (Å²) in [5.41, 5.74) is 5.85. The van der Waals surface area contributed by atoms with Crippen molar-refractivity contribution in [1.29, 1.82) is 0 Å². The SMILES string of the molecule is NCc1cncc(Oc2ccc([N+](=O)[O-])cc2F)c1. The summed E-state index contributed by atoms with van der Waals surface area (Å²) in [6.45, 7) is 0.285. The summed E-state index contributed by atoms with van der Waals surface area (Å²) in [5.74, 6) is -0.607. The number of aromatic nitrogens is 1. The van der Waals surface area contributed by atoms with E-state index >= 15 is 0 Å².